The molecule has 2 N–H and O–H groups in total. The monoisotopic (exact) mass is 384 g/mol. The summed E-state index contributed by atoms with van der Waals surface area (Å²) in [5.74, 6) is -0.602. The molecule has 2 amide bonds. The number of piperidine rings is 1. The zero-order valence-electron chi connectivity index (χ0n) is 15.2. The Morgan fingerprint density at radius 2 is 2.12 bits per heavy atom. The molecular weight excluding hydrogens is 363 g/mol. The number of H-pyrrole nitrogens is 1. The van der Waals surface area contributed by atoms with Crippen LogP contribution in [0.2, 0.25) is 5.02 Å². The van der Waals surface area contributed by atoms with Gasteiger partial charge in [-0.05, 0) is 34.1 Å². The van der Waals surface area contributed by atoms with Crippen LogP contribution in [0.3, 0.4) is 0 Å². The zero-order valence-corrected chi connectivity index (χ0v) is 15.9. The first-order valence-corrected chi connectivity index (χ1v) is 8.62. The number of likely N-dealkylation sites (tertiary alicyclic amines) is 1. The first-order valence-electron chi connectivity index (χ1n) is 8.24. The summed E-state index contributed by atoms with van der Waals surface area (Å²) in [5.41, 5.74) is -0.128. The smallest absolute Gasteiger partial charge is 0.410 e. The molecule has 142 valence electrons. The van der Waals surface area contributed by atoms with Gasteiger partial charge in [0.1, 0.15) is 29.1 Å². The van der Waals surface area contributed by atoms with Crippen molar-refractivity contribution in [2.45, 2.75) is 51.9 Å². The molecule has 2 heterocycles. The first-order chi connectivity index (χ1) is 12.0. The molecule has 2 atom stereocenters. The van der Waals surface area contributed by atoms with Crippen molar-refractivity contribution < 1.29 is 18.7 Å². The third kappa shape index (κ3) is 4.47. The van der Waals surface area contributed by atoms with E-state index in [-0.39, 0.29) is 35.8 Å². The second-order valence-electron chi connectivity index (χ2n) is 7.24. The van der Waals surface area contributed by atoms with Crippen molar-refractivity contribution in [3.63, 3.8) is 0 Å². The molecule has 1 fully saturated rings. The molecule has 0 spiro atoms. The van der Waals surface area contributed by atoms with Crippen molar-refractivity contribution in [2.75, 3.05) is 13.1 Å². The van der Waals surface area contributed by atoms with Gasteiger partial charge in [0.25, 0.3) is 5.91 Å². The summed E-state index contributed by atoms with van der Waals surface area (Å²) in [6, 6.07) is 1.10. The van der Waals surface area contributed by atoms with E-state index in [0.717, 1.165) is 0 Å². The Hall–Kier alpha value is -2.27. The lowest BCUT2D eigenvalue weighted by molar-refractivity contribution is 0.00970. The van der Waals surface area contributed by atoms with Crippen molar-refractivity contribution in [1.82, 2.24) is 15.2 Å². The number of hydrogen-bond acceptors (Lipinski definition) is 4. The van der Waals surface area contributed by atoms with Crippen LogP contribution in [0.5, 0.6) is 0 Å². The van der Waals surface area contributed by atoms with E-state index in [4.69, 9.17) is 21.6 Å². The van der Waals surface area contributed by atoms with Crippen LogP contribution in [0, 0.1) is 18.3 Å². The lowest BCUT2D eigenvalue weighted by Gasteiger charge is -2.35. The number of nitrogens with zero attached hydrogens (tertiary/aromatic N) is 2. The SMILES string of the molecule is Cc1[nH]c(C(=O)N[C@@H]2CCN(C(=O)OC(C)(C)C)C[C@@H]2F)c(C#N)c1Cl. The third-order valence-electron chi connectivity index (χ3n) is 3.96. The molecule has 7 nitrogen and oxygen atoms in total. The van der Waals surface area contributed by atoms with Gasteiger partial charge in [0.2, 0.25) is 0 Å². The van der Waals surface area contributed by atoms with Gasteiger partial charge in [-0.2, -0.15) is 5.26 Å². The molecule has 0 saturated carbocycles. The second kappa shape index (κ2) is 7.54. The average molecular weight is 385 g/mol. The predicted octanol–water partition coefficient (Wildman–Crippen LogP) is 2.93. The average Bonchev–Trinajstić information content (AvgIpc) is 2.82. The Morgan fingerprint density at radius 1 is 1.46 bits per heavy atom. The number of rotatable bonds is 2. The fourth-order valence-corrected chi connectivity index (χ4v) is 2.86. The molecule has 0 aliphatic carbocycles. The molecule has 0 unspecified atom stereocenters. The Kier molecular flexibility index (Phi) is 5.81. The van der Waals surface area contributed by atoms with Crippen LogP contribution >= 0.6 is 11.6 Å². The number of aryl methyl sites for hydroxylation is 1. The highest BCUT2D eigenvalue weighted by molar-refractivity contribution is 6.33. The quantitative estimate of drug-likeness (QED) is 0.818. The van der Waals surface area contributed by atoms with Gasteiger partial charge in [-0.15, -0.1) is 0 Å². The third-order valence-corrected chi connectivity index (χ3v) is 4.43. The van der Waals surface area contributed by atoms with E-state index >= 15 is 0 Å². The molecule has 26 heavy (non-hydrogen) atoms. The summed E-state index contributed by atoms with van der Waals surface area (Å²) in [5, 5.41) is 11.9. The molecule has 1 aromatic rings. The van der Waals surface area contributed by atoms with Crippen molar-refractivity contribution >= 4 is 23.6 Å². The van der Waals surface area contributed by atoms with Crippen molar-refractivity contribution in [2.24, 2.45) is 0 Å². The summed E-state index contributed by atoms with van der Waals surface area (Å²) in [6.45, 7) is 6.94. The van der Waals surface area contributed by atoms with Crippen LogP contribution in [0.25, 0.3) is 0 Å². The first kappa shape index (κ1) is 20.0. The van der Waals surface area contributed by atoms with Gasteiger partial charge in [0, 0.05) is 12.2 Å². The van der Waals surface area contributed by atoms with E-state index < -0.39 is 29.8 Å². The number of nitriles is 1. The van der Waals surface area contributed by atoms with E-state index in [1.165, 1.54) is 4.90 Å². The van der Waals surface area contributed by atoms with E-state index in [0.29, 0.717) is 5.69 Å². The normalized spacial score (nSPS) is 20.4. The maximum atomic E-state index is 14.5. The van der Waals surface area contributed by atoms with E-state index in [1.54, 1.807) is 27.7 Å². The molecule has 2 rings (SSSR count). The summed E-state index contributed by atoms with van der Waals surface area (Å²) in [7, 11) is 0. The van der Waals surface area contributed by atoms with Gasteiger partial charge in [0.05, 0.1) is 17.6 Å². The number of amides is 2. The molecule has 0 aromatic carbocycles. The fraction of sp³-hybridized carbons (Fsp3) is 0.588. The molecule has 1 aromatic heterocycles. The summed E-state index contributed by atoms with van der Waals surface area (Å²) < 4.78 is 19.7. The fourth-order valence-electron chi connectivity index (χ4n) is 2.68. The minimum absolute atomic E-state index is 0.0109. The Labute approximate surface area is 156 Å². The van der Waals surface area contributed by atoms with Gasteiger partial charge in [-0.3, -0.25) is 4.79 Å². The van der Waals surface area contributed by atoms with Crippen LogP contribution in [-0.4, -0.2) is 52.8 Å². The van der Waals surface area contributed by atoms with E-state index in [9.17, 15) is 14.0 Å². The Morgan fingerprint density at radius 3 is 2.65 bits per heavy atom. The maximum absolute atomic E-state index is 14.5. The zero-order chi connectivity index (χ0) is 19.6. The predicted molar refractivity (Wildman–Crippen MR) is 93.8 cm³/mol. The highest BCUT2D eigenvalue weighted by Gasteiger charge is 2.35. The number of carbonyl (C=O) groups is 2. The number of ether oxygens (including phenoxy) is 1. The molecule has 0 radical (unpaired) electrons. The summed E-state index contributed by atoms with van der Waals surface area (Å²) in [4.78, 5) is 28.4. The summed E-state index contributed by atoms with van der Waals surface area (Å²) in [6.07, 6.45) is -1.79. The molecule has 0 bridgehead atoms. The molecular formula is C17H22ClFN4O3. The molecule has 1 aliphatic rings. The molecule has 9 heteroatoms. The molecule has 1 aliphatic heterocycles. The number of nitrogens with one attached hydrogen (secondary N) is 2. The largest absolute Gasteiger partial charge is 0.444 e. The van der Waals surface area contributed by atoms with Gasteiger partial charge in [0.15, 0.2) is 0 Å². The topological polar surface area (TPSA) is 98.2 Å². The van der Waals surface area contributed by atoms with Crippen LogP contribution in [0.1, 0.15) is 48.9 Å². The standard InChI is InChI=1S/C17H22ClFN4O3/c1-9-13(18)10(7-20)14(21-9)15(24)22-12-5-6-23(8-11(12)19)16(25)26-17(2,3)4/h11-12,21H,5-6,8H2,1-4H3,(H,22,24)/t11-,12+/m0/s1. The number of aromatic nitrogens is 1. The van der Waals surface area contributed by atoms with E-state index in [1.807, 2.05) is 6.07 Å². The van der Waals surface area contributed by atoms with E-state index in [2.05, 4.69) is 10.3 Å². The van der Waals surface area contributed by atoms with Crippen molar-refractivity contribution in [3.05, 3.63) is 22.0 Å². The number of halogens is 2. The van der Waals surface area contributed by atoms with Crippen LogP contribution in [0.4, 0.5) is 9.18 Å². The highest BCUT2D eigenvalue weighted by Crippen LogP contribution is 2.24. The number of carbonyl (C=O) groups excluding carboxylic acids is 2. The lowest BCUT2D eigenvalue weighted by atomic mass is 10.0. The van der Waals surface area contributed by atoms with Gasteiger partial charge < -0.3 is 19.9 Å². The van der Waals surface area contributed by atoms with Gasteiger partial charge in [-0.25, -0.2) is 9.18 Å². The lowest BCUT2D eigenvalue weighted by Crippen LogP contribution is -2.54. The van der Waals surface area contributed by atoms with Gasteiger partial charge >= 0.3 is 6.09 Å². The van der Waals surface area contributed by atoms with Gasteiger partial charge in [-0.1, -0.05) is 11.6 Å². The maximum Gasteiger partial charge on any atom is 0.410 e. The molecule has 1 saturated heterocycles. The Bertz CT molecular complexity index is 750. The number of hydrogen-bond donors (Lipinski definition) is 2. The summed E-state index contributed by atoms with van der Waals surface area (Å²) >= 11 is 5.97. The van der Waals surface area contributed by atoms with Crippen molar-refractivity contribution in [3.8, 4) is 6.07 Å². The van der Waals surface area contributed by atoms with Crippen molar-refractivity contribution in [1.29, 1.82) is 5.26 Å². The minimum Gasteiger partial charge on any atom is -0.444 e. The minimum atomic E-state index is -1.45. The van der Waals surface area contributed by atoms with Crippen LogP contribution in [0.15, 0.2) is 0 Å². The Balaban J connectivity index is 2.01. The van der Waals surface area contributed by atoms with Crippen LogP contribution < -0.4 is 5.32 Å². The van der Waals surface area contributed by atoms with Crippen LogP contribution in [-0.2, 0) is 4.74 Å². The number of alkyl halides is 1. The highest BCUT2D eigenvalue weighted by atomic mass is 35.5. The number of aromatic amines is 1. The second-order valence-corrected chi connectivity index (χ2v) is 7.61.